The van der Waals surface area contributed by atoms with Gasteiger partial charge in [-0.3, -0.25) is 14.3 Å². The predicted octanol–water partition coefficient (Wildman–Crippen LogP) is 3.79. The van der Waals surface area contributed by atoms with E-state index in [1.807, 2.05) is 59.3 Å². The van der Waals surface area contributed by atoms with E-state index in [4.69, 9.17) is 0 Å². The number of nitrogens with one attached hydrogen (secondary N) is 2. The van der Waals surface area contributed by atoms with Crippen LogP contribution in [0.15, 0.2) is 12.1 Å². The van der Waals surface area contributed by atoms with Crippen LogP contribution in [-0.4, -0.2) is 52.8 Å². The first-order valence-electron chi connectivity index (χ1n) is 11.0. The molecule has 2 heterocycles. The molecule has 2 aromatic heterocycles. The first-order chi connectivity index (χ1) is 15.9. The van der Waals surface area contributed by atoms with Crippen LogP contribution in [0.4, 0.5) is 0 Å². The van der Waals surface area contributed by atoms with E-state index < -0.39 is 31.5 Å². The molecule has 198 valence electrons. The third kappa shape index (κ3) is 11.8. The molecule has 0 aliphatic rings. The molecule has 2 aromatic rings. The van der Waals surface area contributed by atoms with Crippen LogP contribution < -0.4 is 9.44 Å². The van der Waals surface area contributed by atoms with Crippen molar-refractivity contribution in [2.45, 2.75) is 67.2 Å². The first kappa shape index (κ1) is 32.7. The number of aryl methyl sites for hydroxylation is 2. The molecule has 0 bridgehead atoms. The van der Waals surface area contributed by atoms with E-state index in [0.29, 0.717) is 11.3 Å². The topological polar surface area (TPSA) is 135 Å². The molecule has 1 atom stereocenters. The van der Waals surface area contributed by atoms with Gasteiger partial charge in [0.1, 0.15) is 11.4 Å². The van der Waals surface area contributed by atoms with E-state index in [-0.39, 0.29) is 17.5 Å². The minimum atomic E-state index is -3.56. The summed E-state index contributed by atoms with van der Waals surface area (Å²) in [5.41, 5.74) is 1.92. The zero-order valence-electron chi connectivity index (χ0n) is 22.2. The van der Waals surface area contributed by atoms with Crippen molar-refractivity contribution in [3.8, 4) is 0 Å². The molecule has 0 saturated heterocycles. The number of carbonyl (C=O) groups is 2. The Kier molecular flexibility index (Phi) is 12.8. The molecular weight excluding hydrogens is 508 g/mol. The molecule has 0 saturated carbocycles. The van der Waals surface area contributed by atoms with Crippen LogP contribution in [0.1, 0.15) is 95.5 Å². The van der Waals surface area contributed by atoms with Gasteiger partial charge in [-0.05, 0) is 37.3 Å². The van der Waals surface area contributed by atoms with Crippen molar-refractivity contribution in [3.63, 3.8) is 0 Å². The average molecular weight is 547 g/mol. The summed E-state index contributed by atoms with van der Waals surface area (Å²) in [5.74, 6) is 2.75. The van der Waals surface area contributed by atoms with Gasteiger partial charge < -0.3 is 0 Å². The number of sulfonamides is 1. The maximum absolute atomic E-state index is 11.7. The molecule has 0 fully saturated rings. The Morgan fingerprint density at radius 3 is 1.80 bits per heavy atom. The summed E-state index contributed by atoms with van der Waals surface area (Å²) < 4.78 is 37.6. The minimum absolute atomic E-state index is 0.154. The van der Waals surface area contributed by atoms with Crippen LogP contribution in [0.3, 0.4) is 0 Å². The van der Waals surface area contributed by atoms with Gasteiger partial charge in [0.25, 0.3) is 11.8 Å². The summed E-state index contributed by atoms with van der Waals surface area (Å²) in [7, 11) is -6.10. The fraction of sp³-hybridized carbons (Fsp3) is 0.522. The Morgan fingerprint density at radius 2 is 1.40 bits per heavy atom. The Hall–Kier alpha value is -2.31. The van der Waals surface area contributed by atoms with Crippen LogP contribution >= 0.6 is 11.3 Å². The Morgan fingerprint density at radius 1 is 0.886 bits per heavy atom. The minimum Gasteiger partial charge on any atom is -0.278 e. The molecule has 0 aliphatic carbocycles. The van der Waals surface area contributed by atoms with E-state index in [9.17, 15) is 22.2 Å². The largest absolute Gasteiger partial charge is 0.283 e. The Balaban J connectivity index is 0.000000618. The highest BCUT2D eigenvalue weighted by Crippen LogP contribution is 2.24. The number of hydrogen-bond donors (Lipinski definition) is 2. The predicted molar refractivity (Wildman–Crippen MR) is 146 cm³/mol. The van der Waals surface area contributed by atoms with Crippen LogP contribution in [0.25, 0.3) is 0 Å². The third-order valence-electron chi connectivity index (χ3n) is 4.03. The van der Waals surface area contributed by atoms with Gasteiger partial charge in [0, 0.05) is 32.5 Å². The molecule has 0 radical (unpaired) electrons. The van der Waals surface area contributed by atoms with Gasteiger partial charge in [-0.25, -0.2) is 27.3 Å². The van der Waals surface area contributed by atoms with Crippen molar-refractivity contribution in [3.05, 3.63) is 44.7 Å². The lowest BCUT2D eigenvalue weighted by Crippen LogP contribution is -2.30. The van der Waals surface area contributed by atoms with Gasteiger partial charge in [-0.1, -0.05) is 47.6 Å². The second-order valence-corrected chi connectivity index (χ2v) is 13.5. The zero-order chi connectivity index (χ0) is 27.7. The van der Waals surface area contributed by atoms with E-state index >= 15 is 0 Å². The van der Waals surface area contributed by atoms with Crippen molar-refractivity contribution in [1.82, 2.24) is 19.4 Å². The van der Waals surface area contributed by atoms with E-state index in [0.717, 1.165) is 21.8 Å². The summed E-state index contributed by atoms with van der Waals surface area (Å²) in [6.07, 6.45) is 2.32. The van der Waals surface area contributed by atoms with Crippen molar-refractivity contribution < 1.29 is 22.2 Å². The number of pyridine rings is 1. The number of amides is 2. The maximum Gasteiger partial charge on any atom is 0.283 e. The number of rotatable bonds is 6. The number of carbonyl (C=O) groups excluding carboxylic acids is 2. The summed E-state index contributed by atoms with van der Waals surface area (Å²) in [6, 6.07) is 3.59. The summed E-state index contributed by atoms with van der Waals surface area (Å²) in [4.78, 5) is 32.7. The van der Waals surface area contributed by atoms with E-state index in [1.54, 1.807) is 13.0 Å². The van der Waals surface area contributed by atoms with Crippen molar-refractivity contribution in [2.75, 3.05) is 12.5 Å². The standard InChI is InChI=1S/C11H16N2O3S.C10H16N2O2S2.C2H6/c1-7(2)9-6-5-8(3)10(12-9)11(14)13-17(4,15)16;1-6(2)10-11-8(7(3)15-10)9(13)12-16(4,5)14;1-2/h5-7H,1-4H3,(H,13,14);6H,4H2,1-3,5H3,(H,12,13,14);1-2H3. The smallest absolute Gasteiger partial charge is 0.278 e. The van der Waals surface area contributed by atoms with Gasteiger partial charge in [-0.15, -0.1) is 11.3 Å². The number of thiazole rings is 1. The van der Waals surface area contributed by atoms with E-state index in [2.05, 4.69) is 20.6 Å². The average Bonchev–Trinajstić information content (AvgIpc) is 3.10. The number of hydrogen-bond acceptors (Lipinski definition) is 8. The van der Waals surface area contributed by atoms with Gasteiger partial charge >= 0.3 is 0 Å². The lowest BCUT2D eigenvalue weighted by Gasteiger charge is -2.09. The molecule has 9 nitrogen and oxygen atoms in total. The van der Waals surface area contributed by atoms with Gasteiger partial charge in [0.05, 0.1) is 11.3 Å². The molecule has 0 aliphatic heterocycles. The fourth-order valence-corrected chi connectivity index (χ4v) is 4.27. The molecule has 2 rings (SSSR count). The molecule has 0 aromatic carbocycles. The summed E-state index contributed by atoms with van der Waals surface area (Å²) >= 11 is 1.49. The van der Waals surface area contributed by atoms with Gasteiger partial charge in [0.15, 0.2) is 0 Å². The van der Waals surface area contributed by atoms with Gasteiger partial charge in [-0.2, -0.15) is 0 Å². The van der Waals surface area contributed by atoms with Gasteiger partial charge in [0.2, 0.25) is 10.0 Å². The molecule has 2 N–H and O–H groups in total. The van der Waals surface area contributed by atoms with Crippen LogP contribution in [0.2, 0.25) is 0 Å². The highest BCUT2D eigenvalue weighted by atomic mass is 32.2. The van der Waals surface area contributed by atoms with Crippen molar-refractivity contribution >= 4 is 48.8 Å². The van der Waals surface area contributed by atoms with Crippen molar-refractivity contribution in [2.24, 2.45) is 0 Å². The Labute approximate surface area is 214 Å². The van der Waals surface area contributed by atoms with Crippen LogP contribution in [0.5, 0.6) is 0 Å². The molecule has 1 unspecified atom stereocenters. The summed E-state index contributed by atoms with van der Waals surface area (Å²) in [5, 5.41) is 0.911. The third-order valence-corrected chi connectivity index (χ3v) is 6.48. The SMILES string of the molecule is C=S(C)(=O)NC(=O)c1nc(C(C)C)sc1C.CC.Cc1ccc(C(C)C)nc1C(=O)NS(C)(=O)=O. The normalized spacial score (nSPS) is 12.6. The molecule has 35 heavy (non-hydrogen) atoms. The number of nitrogens with zero attached hydrogens (tertiary/aromatic N) is 2. The number of aromatic nitrogens is 2. The van der Waals surface area contributed by atoms with Crippen molar-refractivity contribution in [1.29, 1.82) is 0 Å². The lowest BCUT2D eigenvalue weighted by atomic mass is 10.1. The molecule has 2 amide bonds. The van der Waals surface area contributed by atoms with Crippen LogP contribution in [0, 0.1) is 13.8 Å². The molecular formula is C23H38N4O5S3. The molecule has 12 heteroatoms. The lowest BCUT2D eigenvalue weighted by molar-refractivity contribution is 0.0968. The Bertz CT molecular complexity index is 1230. The zero-order valence-corrected chi connectivity index (χ0v) is 24.6. The van der Waals surface area contributed by atoms with Crippen LogP contribution in [-0.2, 0) is 19.7 Å². The molecule has 0 spiro atoms. The highest BCUT2D eigenvalue weighted by Gasteiger charge is 2.18. The second kappa shape index (κ2) is 13.7. The second-order valence-electron chi connectivity index (χ2n) is 8.31. The monoisotopic (exact) mass is 546 g/mol. The highest BCUT2D eigenvalue weighted by molar-refractivity contribution is 7.98. The first-order valence-corrected chi connectivity index (χ1v) is 15.9. The summed E-state index contributed by atoms with van der Waals surface area (Å²) in [6.45, 7) is 15.5. The fourth-order valence-electron chi connectivity index (χ4n) is 2.43. The van der Waals surface area contributed by atoms with E-state index in [1.165, 1.54) is 17.6 Å². The quantitative estimate of drug-likeness (QED) is 0.526. The maximum atomic E-state index is 11.7.